The zero-order valence-electron chi connectivity index (χ0n) is 31.3. The van der Waals surface area contributed by atoms with Crippen LogP contribution in [0.3, 0.4) is 0 Å². The lowest BCUT2D eigenvalue weighted by Gasteiger charge is -2.42. The Morgan fingerprint density at radius 1 is 1.12 bits per heavy atom. The summed E-state index contributed by atoms with van der Waals surface area (Å²) in [6, 6.07) is 3.98. The number of anilines is 1. The second-order valence-corrected chi connectivity index (χ2v) is 17.2. The molecule has 4 saturated heterocycles. The molecule has 6 heterocycles. The van der Waals surface area contributed by atoms with Gasteiger partial charge in [0.25, 0.3) is 6.08 Å². The van der Waals surface area contributed by atoms with Crippen LogP contribution in [0.1, 0.15) is 58.4 Å². The van der Waals surface area contributed by atoms with Crippen molar-refractivity contribution in [3.05, 3.63) is 59.3 Å². The Morgan fingerprint density at radius 3 is 2.53 bits per heavy atom. The van der Waals surface area contributed by atoms with Crippen LogP contribution in [-0.4, -0.2) is 96.6 Å². The summed E-state index contributed by atoms with van der Waals surface area (Å²) in [5, 5.41) is 0.398. The van der Waals surface area contributed by atoms with Crippen molar-refractivity contribution in [1.82, 2.24) is 24.8 Å². The first-order valence-electron chi connectivity index (χ1n) is 18.5. The molecule has 3 atom stereocenters. The molecule has 4 aromatic rings. The van der Waals surface area contributed by atoms with Gasteiger partial charge in [0.15, 0.2) is 5.82 Å². The average molecular weight is 811 g/mol. The fraction of sp³-hybridized carbons (Fsp3) is 0.436. The summed E-state index contributed by atoms with van der Waals surface area (Å²) in [6.07, 6.45) is 7.75. The molecule has 13 nitrogen and oxygen atoms in total. The van der Waals surface area contributed by atoms with Gasteiger partial charge in [-0.3, -0.25) is 24.6 Å². The highest BCUT2D eigenvalue weighted by Crippen LogP contribution is 2.46. The van der Waals surface area contributed by atoms with Crippen LogP contribution in [0.2, 0.25) is 0 Å². The summed E-state index contributed by atoms with van der Waals surface area (Å²) in [6.45, 7) is 6.67. The number of terminal acetylenes is 1. The van der Waals surface area contributed by atoms with E-state index in [9.17, 15) is 27.9 Å². The average Bonchev–Trinajstić information content (AvgIpc) is 3.77. The van der Waals surface area contributed by atoms with Crippen molar-refractivity contribution in [2.24, 2.45) is 0 Å². The van der Waals surface area contributed by atoms with Crippen molar-refractivity contribution in [2.45, 2.75) is 76.1 Å². The van der Waals surface area contributed by atoms with E-state index in [-0.39, 0.29) is 93.3 Å². The van der Waals surface area contributed by atoms with Crippen molar-refractivity contribution < 1.29 is 50.7 Å². The molecule has 0 radical (unpaired) electrons. The number of carbonyl (C=O) groups excluding carboxylic acids is 1. The SMILES string of the molecule is C#Cc1c(F)ccc2cc(OP(=O)(O)O)cc(-c3ncc4c(N5CC6CCC(C5)N6C(=O)OC(C)(C)C)nc(OCC56CCCN5CC(=C(F)F)C6)nc4c3F)c12. The van der Waals surface area contributed by atoms with Crippen LogP contribution in [-0.2, 0) is 9.30 Å². The highest BCUT2D eigenvalue weighted by Gasteiger charge is 2.49. The quantitative estimate of drug-likeness (QED) is 0.113. The Labute approximate surface area is 324 Å². The number of aromatic nitrogens is 3. The van der Waals surface area contributed by atoms with Crippen LogP contribution < -0.4 is 14.2 Å². The Kier molecular flexibility index (Phi) is 9.62. The standard InChI is InChI=1S/C39H39F4N6O7P/c1-5-26-29(40)10-7-21-13-25(56-57(51,52)53)14-27(30(21)26)32-31(41)33-28(16-44-32)35(47-18-23-8-9-24(19-47)49(23)37(50)55-38(2,3)4)46-36(45-33)54-20-39-11-6-12-48(39)17-22(15-39)34(42)43/h1,7,10,13-14,16,23-24H,6,8-9,11-12,15,17-20H2,2-4H3,(H2,51,52,53). The van der Waals surface area contributed by atoms with Gasteiger partial charge in [-0.25, -0.2) is 18.1 Å². The minimum Gasteiger partial charge on any atom is -0.461 e. The molecule has 4 fully saturated rings. The number of benzene rings is 2. The number of amides is 1. The third kappa shape index (κ3) is 7.24. The van der Waals surface area contributed by atoms with Crippen LogP contribution >= 0.6 is 7.82 Å². The number of carbonyl (C=O) groups is 1. The van der Waals surface area contributed by atoms with E-state index in [4.69, 9.17) is 25.4 Å². The van der Waals surface area contributed by atoms with Gasteiger partial charge in [0.1, 0.15) is 40.8 Å². The van der Waals surface area contributed by atoms with Crippen molar-refractivity contribution >= 4 is 41.4 Å². The summed E-state index contributed by atoms with van der Waals surface area (Å²) >= 11 is 0. The predicted molar refractivity (Wildman–Crippen MR) is 201 cm³/mol. The first-order valence-corrected chi connectivity index (χ1v) is 20.0. The molecule has 18 heteroatoms. The second kappa shape index (κ2) is 14.1. The van der Waals surface area contributed by atoms with E-state index >= 15 is 8.78 Å². The highest BCUT2D eigenvalue weighted by atomic mass is 31.2. The first-order chi connectivity index (χ1) is 26.9. The summed E-state index contributed by atoms with van der Waals surface area (Å²) in [7, 11) is -5.10. The number of halogens is 4. The Balaban J connectivity index is 1.25. The van der Waals surface area contributed by atoms with Gasteiger partial charge in [-0.1, -0.05) is 12.0 Å². The maximum absolute atomic E-state index is 17.3. The molecule has 2 aromatic carbocycles. The fourth-order valence-corrected chi connectivity index (χ4v) is 9.18. The Morgan fingerprint density at radius 2 is 1.86 bits per heavy atom. The number of piperazine rings is 1. The largest absolute Gasteiger partial charge is 0.524 e. The zero-order valence-corrected chi connectivity index (χ0v) is 32.2. The Hall–Kier alpha value is -5.01. The smallest absolute Gasteiger partial charge is 0.461 e. The molecule has 8 rings (SSSR count). The predicted octanol–water partition coefficient (Wildman–Crippen LogP) is 6.93. The molecule has 2 aromatic heterocycles. The van der Waals surface area contributed by atoms with Gasteiger partial charge in [0, 0.05) is 42.4 Å². The van der Waals surface area contributed by atoms with Gasteiger partial charge in [-0.15, -0.1) is 6.42 Å². The molecule has 0 spiro atoms. The monoisotopic (exact) mass is 810 g/mol. The lowest BCUT2D eigenvalue weighted by molar-refractivity contribution is 0.0122. The molecule has 0 saturated carbocycles. The third-order valence-corrected chi connectivity index (χ3v) is 11.5. The third-order valence-electron chi connectivity index (χ3n) is 11.1. The minimum atomic E-state index is -5.10. The molecule has 0 aliphatic carbocycles. The zero-order chi connectivity index (χ0) is 40.6. The van der Waals surface area contributed by atoms with Crippen LogP contribution in [0.4, 0.5) is 28.2 Å². The number of hydrogen-bond acceptors (Lipinski definition) is 10. The van der Waals surface area contributed by atoms with Crippen LogP contribution in [0.25, 0.3) is 32.9 Å². The summed E-state index contributed by atoms with van der Waals surface area (Å²) in [4.78, 5) is 51.7. The number of nitrogens with zero attached hydrogens (tertiary/aromatic N) is 6. The van der Waals surface area contributed by atoms with Gasteiger partial charge >= 0.3 is 19.9 Å². The summed E-state index contributed by atoms with van der Waals surface area (Å²) in [5.74, 6) is 0.374. The molecular formula is C39H39F4N6O7P. The number of phosphoric ester groups is 1. The van der Waals surface area contributed by atoms with Gasteiger partial charge in [0.05, 0.1) is 28.6 Å². The number of phosphoric acid groups is 1. The topological polar surface area (TPSA) is 151 Å². The molecule has 1 amide bonds. The normalized spacial score (nSPS) is 22.3. The Bertz CT molecular complexity index is 2430. The van der Waals surface area contributed by atoms with E-state index in [0.717, 1.165) is 18.6 Å². The number of ether oxygens (including phenoxy) is 2. The first kappa shape index (κ1) is 38.8. The van der Waals surface area contributed by atoms with E-state index in [1.54, 1.807) is 25.7 Å². The highest BCUT2D eigenvalue weighted by molar-refractivity contribution is 7.46. The van der Waals surface area contributed by atoms with E-state index < -0.39 is 42.8 Å². The fourth-order valence-electron chi connectivity index (χ4n) is 8.80. The minimum absolute atomic E-state index is 0.0347. The molecular weight excluding hydrogens is 771 g/mol. The molecule has 2 bridgehead atoms. The van der Waals surface area contributed by atoms with Gasteiger partial charge < -0.3 is 18.9 Å². The molecule has 4 aliphatic rings. The maximum atomic E-state index is 17.3. The van der Waals surface area contributed by atoms with Crippen LogP contribution in [0.15, 0.2) is 42.1 Å². The van der Waals surface area contributed by atoms with Gasteiger partial charge in [-0.05, 0) is 83.0 Å². The summed E-state index contributed by atoms with van der Waals surface area (Å²) in [5.41, 5.74) is -2.41. The summed E-state index contributed by atoms with van der Waals surface area (Å²) < 4.78 is 88.6. The van der Waals surface area contributed by atoms with Crippen LogP contribution in [0.5, 0.6) is 11.8 Å². The molecule has 3 unspecified atom stereocenters. The second-order valence-electron chi connectivity index (χ2n) is 16.0. The van der Waals surface area contributed by atoms with Crippen molar-refractivity contribution in [3.63, 3.8) is 0 Å². The van der Waals surface area contributed by atoms with E-state index in [1.165, 1.54) is 18.3 Å². The van der Waals surface area contributed by atoms with Crippen molar-refractivity contribution in [1.29, 1.82) is 0 Å². The maximum Gasteiger partial charge on any atom is 0.524 e. The number of pyridine rings is 1. The van der Waals surface area contributed by atoms with Crippen molar-refractivity contribution in [3.8, 4) is 35.4 Å². The molecule has 4 aliphatic heterocycles. The van der Waals surface area contributed by atoms with Gasteiger partial charge in [-0.2, -0.15) is 18.7 Å². The van der Waals surface area contributed by atoms with E-state index in [1.807, 2.05) is 9.80 Å². The van der Waals surface area contributed by atoms with E-state index in [2.05, 4.69) is 15.9 Å². The molecule has 57 heavy (non-hydrogen) atoms. The molecule has 300 valence electrons. The van der Waals surface area contributed by atoms with Crippen molar-refractivity contribution in [2.75, 3.05) is 37.7 Å². The van der Waals surface area contributed by atoms with E-state index in [0.29, 0.717) is 38.9 Å². The van der Waals surface area contributed by atoms with Crippen LogP contribution in [0, 0.1) is 24.0 Å². The number of fused-ring (bicyclic) bond motifs is 5. The molecule has 2 N–H and O–H groups in total. The lowest BCUT2D eigenvalue weighted by atomic mass is 9.94. The van der Waals surface area contributed by atoms with Gasteiger partial charge in [0.2, 0.25) is 0 Å². The number of hydrogen-bond donors (Lipinski definition) is 2. The number of rotatable bonds is 7. The lowest BCUT2D eigenvalue weighted by Crippen LogP contribution is -2.57.